The lowest BCUT2D eigenvalue weighted by Gasteiger charge is -2.21. The molecule has 0 unspecified atom stereocenters. The number of hydrogen-bond acceptors (Lipinski definition) is 4. The zero-order chi connectivity index (χ0) is 18.8. The van der Waals surface area contributed by atoms with Crippen LogP contribution in [0.3, 0.4) is 0 Å². The molecule has 4 nitrogen and oxygen atoms in total. The van der Waals surface area contributed by atoms with Gasteiger partial charge in [0.25, 0.3) is 0 Å². The Bertz CT molecular complexity index is 692. The van der Waals surface area contributed by atoms with E-state index in [2.05, 4.69) is 18.7 Å². The first kappa shape index (κ1) is 20.2. The van der Waals surface area contributed by atoms with Crippen LogP contribution in [0.4, 0.5) is 5.69 Å². The second-order valence-electron chi connectivity index (χ2n) is 6.79. The Balaban J connectivity index is 1.88. The summed E-state index contributed by atoms with van der Waals surface area (Å²) >= 11 is 0. The van der Waals surface area contributed by atoms with E-state index in [1.54, 1.807) is 6.07 Å². The van der Waals surface area contributed by atoms with E-state index < -0.39 is 0 Å². The number of nitrogens with two attached hydrogens (primary N) is 1. The average molecular weight is 357 g/mol. The Hall–Kier alpha value is -2.07. The van der Waals surface area contributed by atoms with E-state index in [0.717, 1.165) is 36.8 Å². The maximum Gasteiger partial charge on any atom is 0.338 e. The van der Waals surface area contributed by atoms with E-state index in [4.69, 9.17) is 10.5 Å². The van der Waals surface area contributed by atoms with Crippen LogP contribution in [-0.2, 0) is 4.74 Å². The van der Waals surface area contributed by atoms with Crippen molar-refractivity contribution in [3.8, 4) is 0 Å². The molecular formula is C22H32N2O2. The largest absolute Gasteiger partial charge is 0.462 e. The highest BCUT2D eigenvalue weighted by molar-refractivity contribution is 6.07. The molecule has 0 aliphatic rings. The standard InChI is InChI=1S/C22H32N2O2/c1-3-5-14-24(15-6-4-2)16-9-17-26-22(25)20-12-7-11-19-18(20)10-8-13-21(19)23/h7-8,10-13H,3-6,9,14-17,23H2,1-2H3. The van der Waals surface area contributed by atoms with E-state index >= 15 is 0 Å². The molecule has 0 saturated heterocycles. The molecule has 2 aromatic rings. The number of esters is 1. The van der Waals surface area contributed by atoms with Gasteiger partial charge in [0.05, 0.1) is 12.2 Å². The number of nitrogens with zero attached hydrogens (tertiary/aromatic N) is 1. The first-order valence-electron chi connectivity index (χ1n) is 9.84. The van der Waals surface area contributed by atoms with Gasteiger partial charge in [0.15, 0.2) is 0 Å². The van der Waals surface area contributed by atoms with Crippen molar-refractivity contribution in [2.45, 2.75) is 46.0 Å². The minimum atomic E-state index is -0.269. The molecule has 4 heteroatoms. The summed E-state index contributed by atoms with van der Waals surface area (Å²) in [5.41, 5.74) is 7.27. The van der Waals surface area contributed by atoms with Gasteiger partial charge in [-0.1, -0.05) is 51.0 Å². The van der Waals surface area contributed by atoms with Gasteiger partial charge in [0.2, 0.25) is 0 Å². The maximum atomic E-state index is 12.5. The van der Waals surface area contributed by atoms with Crippen LogP contribution in [0.5, 0.6) is 0 Å². The molecule has 0 bridgehead atoms. The summed E-state index contributed by atoms with van der Waals surface area (Å²) in [7, 11) is 0. The number of benzene rings is 2. The lowest BCUT2D eigenvalue weighted by Crippen LogP contribution is -2.28. The Morgan fingerprint density at radius 3 is 2.23 bits per heavy atom. The summed E-state index contributed by atoms with van der Waals surface area (Å²) < 4.78 is 5.53. The van der Waals surface area contributed by atoms with Gasteiger partial charge in [0, 0.05) is 17.6 Å². The first-order chi connectivity index (χ1) is 12.7. The fourth-order valence-electron chi connectivity index (χ4n) is 3.14. The molecule has 0 aliphatic heterocycles. The molecule has 0 heterocycles. The number of nitrogen functional groups attached to an aromatic ring is 1. The Morgan fingerprint density at radius 1 is 0.923 bits per heavy atom. The number of fused-ring (bicyclic) bond motifs is 1. The SMILES string of the molecule is CCCCN(CCCC)CCCOC(=O)c1cccc2c(N)cccc12. The lowest BCUT2D eigenvalue weighted by atomic mass is 10.0. The van der Waals surface area contributed by atoms with E-state index in [-0.39, 0.29) is 5.97 Å². The van der Waals surface area contributed by atoms with Gasteiger partial charge < -0.3 is 15.4 Å². The highest BCUT2D eigenvalue weighted by atomic mass is 16.5. The molecule has 2 rings (SSSR count). The van der Waals surface area contributed by atoms with Crippen LogP contribution >= 0.6 is 0 Å². The minimum Gasteiger partial charge on any atom is -0.462 e. The second kappa shape index (κ2) is 10.8. The van der Waals surface area contributed by atoms with Crippen molar-refractivity contribution in [1.29, 1.82) is 0 Å². The lowest BCUT2D eigenvalue weighted by molar-refractivity contribution is 0.0490. The van der Waals surface area contributed by atoms with E-state index in [9.17, 15) is 4.79 Å². The van der Waals surface area contributed by atoms with E-state index in [1.807, 2.05) is 30.3 Å². The quantitative estimate of drug-likeness (QED) is 0.354. The Labute approximate surface area is 157 Å². The molecule has 0 aliphatic carbocycles. The molecular weight excluding hydrogens is 324 g/mol. The number of carbonyl (C=O) groups is 1. The van der Waals surface area contributed by atoms with Gasteiger partial charge in [-0.25, -0.2) is 4.79 Å². The van der Waals surface area contributed by atoms with Crippen molar-refractivity contribution in [1.82, 2.24) is 4.90 Å². The molecule has 2 N–H and O–H groups in total. The topological polar surface area (TPSA) is 55.6 Å². The van der Waals surface area contributed by atoms with Gasteiger partial charge >= 0.3 is 5.97 Å². The van der Waals surface area contributed by atoms with Gasteiger partial charge in [-0.15, -0.1) is 0 Å². The van der Waals surface area contributed by atoms with Crippen LogP contribution in [0.1, 0.15) is 56.3 Å². The highest BCUT2D eigenvalue weighted by Crippen LogP contribution is 2.24. The predicted octanol–water partition coefficient (Wildman–Crippen LogP) is 4.87. The van der Waals surface area contributed by atoms with Gasteiger partial charge in [-0.05, 0) is 49.9 Å². The summed E-state index contributed by atoms with van der Waals surface area (Å²) in [6, 6.07) is 11.2. The average Bonchev–Trinajstić information content (AvgIpc) is 2.66. The number of unbranched alkanes of at least 4 members (excludes halogenated alkanes) is 2. The molecule has 0 saturated carbocycles. The number of carbonyl (C=O) groups excluding carboxylic acids is 1. The summed E-state index contributed by atoms with van der Waals surface area (Å²) in [5, 5.41) is 1.75. The zero-order valence-electron chi connectivity index (χ0n) is 16.2. The van der Waals surface area contributed by atoms with Crippen LogP contribution < -0.4 is 5.73 Å². The summed E-state index contributed by atoms with van der Waals surface area (Å²) in [6.07, 6.45) is 5.73. The van der Waals surface area contributed by atoms with Crippen LogP contribution in [0.25, 0.3) is 10.8 Å². The van der Waals surface area contributed by atoms with Gasteiger partial charge in [0.1, 0.15) is 0 Å². The maximum absolute atomic E-state index is 12.5. The number of rotatable bonds is 11. The molecule has 0 amide bonds. The van der Waals surface area contributed by atoms with E-state index in [1.165, 1.54) is 25.7 Å². The minimum absolute atomic E-state index is 0.269. The summed E-state index contributed by atoms with van der Waals surface area (Å²) in [4.78, 5) is 15.0. The normalized spacial score (nSPS) is 11.2. The first-order valence-corrected chi connectivity index (χ1v) is 9.84. The summed E-state index contributed by atoms with van der Waals surface area (Å²) in [6.45, 7) is 8.13. The fourth-order valence-corrected chi connectivity index (χ4v) is 3.14. The molecule has 2 aromatic carbocycles. The third-order valence-corrected chi connectivity index (χ3v) is 4.68. The number of hydrogen-bond donors (Lipinski definition) is 1. The molecule has 0 aromatic heterocycles. The van der Waals surface area contributed by atoms with Crippen molar-refractivity contribution in [2.24, 2.45) is 0 Å². The van der Waals surface area contributed by atoms with Crippen molar-refractivity contribution >= 4 is 22.4 Å². The molecule has 0 atom stereocenters. The third-order valence-electron chi connectivity index (χ3n) is 4.68. The van der Waals surface area contributed by atoms with Crippen molar-refractivity contribution in [2.75, 3.05) is 32.0 Å². The van der Waals surface area contributed by atoms with Crippen molar-refractivity contribution < 1.29 is 9.53 Å². The second-order valence-corrected chi connectivity index (χ2v) is 6.79. The Kier molecular flexibility index (Phi) is 8.42. The fraction of sp³-hybridized carbons (Fsp3) is 0.500. The predicted molar refractivity (Wildman–Crippen MR) is 110 cm³/mol. The van der Waals surface area contributed by atoms with Crippen LogP contribution in [-0.4, -0.2) is 37.1 Å². The van der Waals surface area contributed by atoms with Gasteiger partial charge in [-0.3, -0.25) is 0 Å². The molecule has 142 valence electrons. The van der Waals surface area contributed by atoms with E-state index in [0.29, 0.717) is 17.9 Å². The van der Waals surface area contributed by atoms with Crippen molar-refractivity contribution in [3.05, 3.63) is 42.0 Å². The number of ether oxygens (including phenoxy) is 1. The molecule has 0 fully saturated rings. The highest BCUT2D eigenvalue weighted by Gasteiger charge is 2.12. The zero-order valence-corrected chi connectivity index (χ0v) is 16.2. The molecule has 0 spiro atoms. The Morgan fingerprint density at radius 2 is 1.54 bits per heavy atom. The van der Waals surface area contributed by atoms with Crippen LogP contribution in [0, 0.1) is 0 Å². The smallest absolute Gasteiger partial charge is 0.338 e. The van der Waals surface area contributed by atoms with Crippen molar-refractivity contribution in [3.63, 3.8) is 0 Å². The van der Waals surface area contributed by atoms with Crippen LogP contribution in [0.15, 0.2) is 36.4 Å². The summed E-state index contributed by atoms with van der Waals surface area (Å²) in [5.74, 6) is -0.269. The monoisotopic (exact) mass is 356 g/mol. The van der Waals surface area contributed by atoms with Gasteiger partial charge in [-0.2, -0.15) is 0 Å². The molecule has 0 radical (unpaired) electrons. The number of anilines is 1. The molecule has 26 heavy (non-hydrogen) atoms. The van der Waals surface area contributed by atoms with Crippen LogP contribution in [0.2, 0.25) is 0 Å². The third kappa shape index (κ3) is 5.73.